The molecule has 0 spiro atoms. The Hall–Kier alpha value is 0.276. The second-order valence-electron chi connectivity index (χ2n) is 10.5. The van der Waals surface area contributed by atoms with Gasteiger partial charge in [0, 0.05) is 0 Å². The molecule has 0 saturated carbocycles. The van der Waals surface area contributed by atoms with E-state index in [2.05, 4.69) is 84.6 Å². The molecule has 0 N–H and O–H groups in total. The normalized spacial score (nSPS) is 16.4. The first-order valence-corrected chi connectivity index (χ1v) is 20.4. The van der Waals surface area contributed by atoms with Crippen LogP contribution < -0.4 is 0 Å². The van der Waals surface area contributed by atoms with E-state index in [1.807, 2.05) is 6.92 Å². The van der Waals surface area contributed by atoms with E-state index in [0.29, 0.717) is 5.92 Å². The minimum atomic E-state index is -2.51. The van der Waals surface area contributed by atoms with E-state index in [0.717, 1.165) is 6.42 Å². The average molecular weight is 539 g/mol. The van der Waals surface area contributed by atoms with Crippen LogP contribution >= 0.6 is 0 Å². The quantitative estimate of drug-likeness (QED) is 0.159. The molecule has 173 valence electrons. The number of unbranched alkanes of at least 4 members (excludes halogenated alkanes) is 3. The van der Waals surface area contributed by atoms with Crippen molar-refractivity contribution in [1.29, 1.82) is 0 Å². The van der Waals surface area contributed by atoms with E-state index in [9.17, 15) is 0 Å². The topological polar surface area (TPSA) is 9.23 Å². The standard InChI is InChI=1S/C15H24OSi.3C4H9.Sn/c1-8-10-11-13(4)15(16-17,12(3)9-2)14(5,6)7;3*1-3-4-2;/h13H,11H2,1-7H3;3*1,3-4H2,2H3;/t13-,15-;;;;/m0..../s1. The van der Waals surface area contributed by atoms with Crippen molar-refractivity contribution in [2.75, 3.05) is 0 Å². The molecule has 2 atom stereocenters. The summed E-state index contributed by atoms with van der Waals surface area (Å²) in [4.78, 5) is 0. The Bertz CT molecular complexity index is 556. The molecule has 0 aromatic heterocycles. The van der Waals surface area contributed by atoms with Crippen LogP contribution in [0.5, 0.6) is 0 Å². The maximum absolute atomic E-state index is 6.37. The van der Waals surface area contributed by atoms with Gasteiger partial charge in [0.1, 0.15) is 0 Å². The second-order valence-corrected chi connectivity index (χ2v) is 24.4. The molecule has 0 aromatic carbocycles. The van der Waals surface area contributed by atoms with Crippen molar-refractivity contribution in [1.82, 2.24) is 0 Å². The van der Waals surface area contributed by atoms with Crippen molar-refractivity contribution in [3.63, 3.8) is 0 Å². The van der Waals surface area contributed by atoms with Crippen molar-refractivity contribution in [3.8, 4) is 11.8 Å². The third kappa shape index (κ3) is 7.41. The molecule has 0 heterocycles. The third-order valence-electron chi connectivity index (χ3n) is 7.50. The third-order valence-corrected chi connectivity index (χ3v) is 24.7. The first kappa shape index (κ1) is 30.3. The Morgan fingerprint density at radius 2 is 1.37 bits per heavy atom. The van der Waals surface area contributed by atoms with Gasteiger partial charge in [0.2, 0.25) is 0 Å². The predicted molar refractivity (Wildman–Crippen MR) is 140 cm³/mol. The summed E-state index contributed by atoms with van der Waals surface area (Å²) in [6.45, 7) is 23.2. The SMILES string of the molecule is CC#CC[C@H](C)[C@@](O[Si])(/C(C)=[C](\C)[Sn]([CH2]CCC)([CH2]CCC)[CH2]CCC)C(C)(C)C. The number of hydrogen-bond donors (Lipinski definition) is 0. The van der Waals surface area contributed by atoms with Crippen molar-refractivity contribution < 1.29 is 4.43 Å². The van der Waals surface area contributed by atoms with Crippen LogP contribution in [-0.2, 0) is 4.43 Å². The van der Waals surface area contributed by atoms with E-state index in [4.69, 9.17) is 4.43 Å². The fourth-order valence-electron chi connectivity index (χ4n) is 5.56. The van der Waals surface area contributed by atoms with Crippen LogP contribution in [-0.4, -0.2) is 34.5 Å². The molecule has 3 heteroatoms. The van der Waals surface area contributed by atoms with Crippen molar-refractivity contribution in [2.24, 2.45) is 11.3 Å². The van der Waals surface area contributed by atoms with Gasteiger partial charge < -0.3 is 0 Å². The van der Waals surface area contributed by atoms with Gasteiger partial charge in [0.05, 0.1) is 0 Å². The van der Waals surface area contributed by atoms with Gasteiger partial charge in [-0.3, -0.25) is 0 Å². The van der Waals surface area contributed by atoms with E-state index in [1.165, 1.54) is 57.4 Å². The molecule has 0 aliphatic heterocycles. The molecule has 30 heavy (non-hydrogen) atoms. The number of allylic oxidation sites excluding steroid dienone is 1. The van der Waals surface area contributed by atoms with E-state index < -0.39 is 18.4 Å². The van der Waals surface area contributed by atoms with Gasteiger partial charge in [-0.2, -0.15) is 0 Å². The molecule has 0 bridgehead atoms. The first-order valence-electron chi connectivity index (χ1n) is 12.5. The summed E-state index contributed by atoms with van der Waals surface area (Å²) in [6.07, 6.45) is 8.97. The van der Waals surface area contributed by atoms with Crippen LogP contribution in [0.1, 0.15) is 114 Å². The molecule has 0 saturated heterocycles. The van der Waals surface area contributed by atoms with Gasteiger partial charge in [0.15, 0.2) is 0 Å². The van der Waals surface area contributed by atoms with Gasteiger partial charge >= 0.3 is 199 Å². The summed E-state index contributed by atoms with van der Waals surface area (Å²) in [5.41, 5.74) is 1.15. The van der Waals surface area contributed by atoms with Gasteiger partial charge in [0.25, 0.3) is 0 Å². The fraction of sp³-hybridized carbons (Fsp3) is 0.852. The first-order chi connectivity index (χ1) is 14.0. The number of hydrogen-bond acceptors (Lipinski definition) is 1. The zero-order valence-electron chi connectivity index (χ0n) is 22.1. The summed E-state index contributed by atoms with van der Waals surface area (Å²) in [5, 5.41) is 0. The summed E-state index contributed by atoms with van der Waals surface area (Å²) >= 11 is -2.51. The van der Waals surface area contributed by atoms with Crippen LogP contribution in [0.3, 0.4) is 0 Å². The number of rotatable bonds is 14. The van der Waals surface area contributed by atoms with Gasteiger partial charge in [-0.25, -0.2) is 0 Å². The predicted octanol–water partition coefficient (Wildman–Crippen LogP) is 8.65. The molecule has 0 amide bonds. The van der Waals surface area contributed by atoms with Gasteiger partial charge in [-0.1, -0.05) is 0 Å². The molecule has 0 aromatic rings. The average Bonchev–Trinajstić information content (AvgIpc) is 2.71. The Balaban J connectivity index is 6.75. The molecular weight excluding hydrogens is 487 g/mol. The van der Waals surface area contributed by atoms with Crippen LogP contribution in [0.25, 0.3) is 0 Å². The van der Waals surface area contributed by atoms with Crippen LogP contribution in [0, 0.1) is 23.2 Å². The summed E-state index contributed by atoms with van der Waals surface area (Å²) < 4.78 is 12.6. The molecular formula is C27H51OSiSn. The maximum atomic E-state index is 6.37. The molecule has 3 radical (unpaired) electrons. The van der Waals surface area contributed by atoms with Crippen LogP contribution in [0.15, 0.2) is 9.16 Å². The Morgan fingerprint density at radius 1 is 0.933 bits per heavy atom. The Labute approximate surface area is 198 Å². The zero-order valence-corrected chi connectivity index (χ0v) is 25.9. The fourth-order valence-corrected chi connectivity index (χ4v) is 23.2. The van der Waals surface area contributed by atoms with Crippen molar-refractivity contribution >= 4 is 28.9 Å². The van der Waals surface area contributed by atoms with E-state index >= 15 is 0 Å². The van der Waals surface area contributed by atoms with Gasteiger partial charge in [-0.15, -0.1) is 0 Å². The molecule has 0 aliphatic rings. The van der Waals surface area contributed by atoms with Crippen LogP contribution in [0.2, 0.25) is 13.3 Å². The second kappa shape index (κ2) is 14.4. The zero-order chi connectivity index (χ0) is 23.4. The molecule has 0 rings (SSSR count). The Kier molecular flexibility index (Phi) is 14.6. The van der Waals surface area contributed by atoms with Gasteiger partial charge in [-0.05, 0) is 0 Å². The van der Waals surface area contributed by atoms with E-state index in [-0.39, 0.29) is 11.0 Å². The van der Waals surface area contributed by atoms with E-state index in [1.54, 1.807) is 3.59 Å². The Morgan fingerprint density at radius 3 is 1.67 bits per heavy atom. The van der Waals surface area contributed by atoms with Crippen molar-refractivity contribution in [3.05, 3.63) is 9.16 Å². The molecule has 1 nitrogen and oxygen atoms in total. The summed E-state index contributed by atoms with van der Waals surface area (Å²) in [5.74, 6) is 6.77. The molecule has 0 fully saturated rings. The summed E-state index contributed by atoms with van der Waals surface area (Å²) in [6, 6.07) is 0. The molecule has 0 aliphatic carbocycles. The minimum absolute atomic E-state index is 0.0210. The summed E-state index contributed by atoms with van der Waals surface area (Å²) in [7, 11) is 3.59. The monoisotopic (exact) mass is 539 g/mol. The molecule has 0 unspecified atom stereocenters. The van der Waals surface area contributed by atoms with Crippen LogP contribution in [0.4, 0.5) is 0 Å². The van der Waals surface area contributed by atoms with Crippen molar-refractivity contribution in [2.45, 2.75) is 133 Å².